The molecule has 1 amide bonds. The van der Waals surface area contributed by atoms with Gasteiger partial charge in [0.1, 0.15) is 0 Å². The van der Waals surface area contributed by atoms with Crippen LogP contribution in [-0.2, 0) is 4.79 Å². The summed E-state index contributed by atoms with van der Waals surface area (Å²) in [5.41, 5.74) is 2.03. The van der Waals surface area contributed by atoms with E-state index in [9.17, 15) is 4.79 Å². The van der Waals surface area contributed by atoms with Crippen molar-refractivity contribution in [3.63, 3.8) is 0 Å². The molecular weight excluding hydrogens is 250 g/mol. The summed E-state index contributed by atoms with van der Waals surface area (Å²) in [7, 11) is 0. The van der Waals surface area contributed by atoms with Crippen LogP contribution in [0.4, 0.5) is 5.69 Å². The van der Waals surface area contributed by atoms with Crippen LogP contribution in [0.2, 0.25) is 0 Å². The van der Waals surface area contributed by atoms with Crippen LogP contribution in [0.1, 0.15) is 24.8 Å². The highest BCUT2D eigenvalue weighted by Gasteiger charge is 2.29. The molecule has 108 valence electrons. The van der Waals surface area contributed by atoms with Gasteiger partial charge in [-0.1, -0.05) is 18.2 Å². The SMILES string of the molecule is Cc1ccccc1NC(=O)CN1CCC2CCC(C1)N2. The number of nitrogens with one attached hydrogen (secondary N) is 2. The zero-order valence-electron chi connectivity index (χ0n) is 12.1. The van der Waals surface area contributed by atoms with Crippen LogP contribution < -0.4 is 10.6 Å². The Balaban J connectivity index is 1.55. The smallest absolute Gasteiger partial charge is 0.238 e. The predicted octanol–water partition coefficient (Wildman–Crippen LogP) is 1.76. The maximum absolute atomic E-state index is 12.2. The molecule has 2 fully saturated rings. The molecule has 2 aliphatic rings. The lowest BCUT2D eigenvalue weighted by atomic mass is 10.1. The second kappa shape index (κ2) is 5.94. The summed E-state index contributed by atoms with van der Waals surface area (Å²) in [6.07, 6.45) is 3.71. The Morgan fingerprint density at radius 1 is 1.30 bits per heavy atom. The van der Waals surface area contributed by atoms with Gasteiger partial charge in [-0.15, -0.1) is 0 Å². The molecule has 0 aliphatic carbocycles. The van der Waals surface area contributed by atoms with Gasteiger partial charge in [-0.3, -0.25) is 9.69 Å². The molecule has 0 saturated carbocycles. The molecule has 2 N–H and O–H groups in total. The van der Waals surface area contributed by atoms with Gasteiger partial charge < -0.3 is 10.6 Å². The zero-order valence-corrected chi connectivity index (χ0v) is 12.1. The van der Waals surface area contributed by atoms with Crippen molar-refractivity contribution in [2.24, 2.45) is 0 Å². The first-order valence-corrected chi connectivity index (χ1v) is 7.54. The van der Waals surface area contributed by atoms with E-state index in [1.54, 1.807) is 0 Å². The van der Waals surface area contributed by atoms with E-state index in [0.29, 0.717) is 18.6 Å². The number of para-hydroxylation sites is 1. The van der Waals surface area contributed by atoms with Gasteiger partial charge in [0.25, 0.3) is 0 Å². The highest BCUT2D eigenvalue weighted by atomic mass is 16.2. The highest BCUT2D eigenvalue weighted by molar-refractivity contribution is 5.92. The molecule has 0 spiro atoms. The molecule has 2 bridgehead atoms. The summed E-state index contributed by atoms with van der Waals surface area (Å²) in [5, 5.41) is 6.66. The number of anilines is 1. The number of carbonyl (C=O) groups is 1. The van der Waals surface area contributed by atoms with Gasteiger partial charge in [0, 0.05) is 30.9 Å². The van der Waals surface area contributed by atoms with Crippen LogP contribution in [0, 0.1) is 6.92 Å². The molecule has 20 heavy (non-hydrogen) atoms. The van der Waals surface area contributed by atoms with Crippen LogP contribution in [0.5, 0.6) is 0 Å². The minimum atomic E-state index is 0.0945. The van der Waals surface area contributed by atoms with Gasteiger partial charge in [0.15, 0.2) is 0 Å². The standard InChI is InChI=1S/C16H23N3O/c1-12-4-2-3-5-15(12)18-16(20)11-19-9-8-13-6-7-14(10-19)17-13/h2-5,13-14,17H,6-11H2,1H3,(H,18,20). The van der Waals surface area contributed by atoms with E-state index >= 15 is 0 Å². The van der Waals surface area contributed by atoms with Crippen LogP contribution in [0.3, 0.4) is 0 Å². The average Bonchev–Trinajstić information content (AvgIpc) is 2.76. The topological polar surface area (TPSA) is 44.4 Å². The number of rotatable bonds is 3. The third-order valence-corrected chi connectivity index (χ3v) is 4.39. The molecule has 0 radical (unpaired) electrons. The van der Waals surface area contributed by atoms with Crippen LogP contribution in [-0.4, -0.2) is 42.5 Å². The number of carbonyl (C=O) groups excluding carboxylic acids is 1. The fourth-order valence-electron chi connectivity index (χ4n) is 3.26. The van der Waals surface area contributed by atoms with Crippen molar-refractivity contribution in [2.75, 3.05) is 25.0 Å². The lowest BCUT2D eigenvalue weighted by Crippen LogP contribution is -2.39. The predicted molar refractivity (Wildman–Crippen MR) is 80.8 cm³/mol. The lowest BCUT2D eigenvalue weighted by molar-refractivity contribution is -0.117. The highest BCUT2D eigenvalue weighted by Crippen LogP contribution is 2.20. The number of nitrogens with zero attached hydrogens (tertiary/aromatic N) is 1. The van der Waals surface area contributed by atoms with Gasteiger partial charge in [-0.05, 0) is 37.8 Å². The first-order valence-electron chi connectivity index (χ1n) is 7.54. The minimum absolute atomic E-state index is 0.0945. The first kappa shape index (κ1) is 13.6. The molecule has 2 unspecified atom stereocenters. The third-order valence-electron chi connectivity index (χ3n) is 4.39. The summed E-state index contributed by atoms with van der Waals surface area (Å²) < 4.78 is 0. The fourth-order valence-corrected chi connectivity index (χ4v) is 3.26. The summed E-state index contributed by atoms with van der Waals surface area (Å²) >= 11 is 0. The molecule has 4 heteroatoms. The Morgan fingerprint density at radius 3 is 2.95 bits per heavy atom. The van der Waals surface area contributed by atoms with Gasteiger partial charge in [0.2, 0.25) is 5.91 Å². The van der Waals surface area contributed by atoms with Crippen molar-refractivity contribution >= 4 is 11.6 Å². The summed E-state index contributed by atoms with van der Waals surface area (Å²) in [6, 6.07) is 9.17. The Bertz CT molecular complexity index is 488. The van der Waals surface area contributed by atoms with E-state index in [2.05, 4.69) is 15.5 Å². The molecule has 0 aromatic heterocycles. The monoisotopic (exact) mass is 273 g/mol. The molecule has 2 aliphatic heterocycles. The Labute approximate surface area is 120 Å². The van der Waals surface area contributed by atoms with E-state index in [-0.39, 0.29) is 5.91 Å². The van der Waals surface area contributed by atoms with E-state index in [1.165, 1.54) is 12.8 Å². The Kier molecular flexibility index (Phi) is 4.03. The van der Waals surface area contributed by atoms with E-state index in [0.717, 1.165) is 30.8 Å². The minimum Gasteiger partial charge on any atom is -0.325 e. The molecule has 1 aromatic rings. The first-order chi connectivity index (χ1) is 9.70. The number of likely N-dealkylation sites (tertiary alicyclic amines) is 1. The molecule has 2 saturated heterocycles. The zero-order chi connectivity index (χ0) is 13.9. The quantitative estimate of drug-likeness (QED) is 0.882. The molecule has 2 heterocycles. The number of benzene rings is 1. The average molecular weight is 273 g/mol. The number of fused-ring (bicyclic) bond motifs is 2. The van der Waals surface area contributed by atoms with Crippen molar-refractivity contribution in [1.29, 1.82) is 0 Å². The molecule has 1 aromatic carbocycles. The van der Waals surface area contributed by atoms with Crippen LogP contribution in [0.25, 0.3) is 0 Å². The third kappa shape index (κ3) is 3.19. The van der Waals surface area contributed by atoms with Crippen LogP contribution in [0.15, 0.2) is 24.3 Å². The van der Waals surface area contributed by atoms with Crippen molar-refractivity contribution in [3.05, 3.63) is 29.8 Å². The molecule has 3 rings (SSSR count). The summed E-state index contributed by atoms with van der Waals surface area (Å²) in [5.74, 6) is 0.0945. The van der Waals surface area contributed by atoms with E-state index < -0.39 is 0 Å². The number of amides is 1. The number of aryl methyl sites for hydroxylation is 1. The largest absolute Gasteiger partial charge is 0.325 e. The Hall–Kier alpha value is -1.39. The van der Waals surface area contributed by atoms with Crippen molar-refractivity contribution in [1.82, 2.24) is 10.2 Å². The normalized spacial score (nSPS) is 26.2. The molecule has 4 nitrogen and oxygen atoms in total. The summed E-state index contributed by atoms with van der Waals surface area (Å²) in [4.78, 5) is 14.5. The van der Waals surface area contributed by atoms with Crippen LogP contribution >= 0.6 is 0 Å². The van der Waals surface area contributed by atoms with Crippen molar-refractivity contribution < 1.29 is 4.79 Å². The number of hydrogen-bond donors (Lipinski definition) is 2. The molecular formula is C16H23N3O. The second-order valence-corrected chi connectivity index (χ2v) is 6.02. The van der Waals surface area contributed by atoms with Gasteiger partial charge in [0.05, 0.1) is 6.54 Å². The second-order valence-electron chi connectivity index (χ2n) is 6.02. The lowest BCUT2D eigenvalue weighted by Gasteiger charge is -2.23. The van der Waals surface area contributed by atoms with E-state index in [1.807, 2.05) is 31.2 Å². The maximum atomic E-state index is 12.2. The van der Waals surface area contributed by atoms with Gasteiger partial charge in [-0.25, -0.2) is 0 Å². The maximum Gasteiger partial charge on any atom is 0.238 e. The molecule has 2 atom stereocenters. The summed E-state index contributed by atoms with van der Waals surface area (Å²) in [6.45, 7) is 4.54. The van der Waals surface area contributed by atoms with E-state index in [4.69, 9.17) is 0 Å². The fraction of sp³-hybridized carbons (Fsp3) is 0.562. The number of hydrogen-bond acceptors (Lipinski definition) is 3. The van der Waals surface area contributed by atoms with Crippen molar-refractivity contribution in [2.45, 2.75) is 38.3 Å². The van der Waals surface area contributed by atoms with Gasteiger partial charge >= 0.3 is 0 Å². The van der Waals surface area contributed by atoms with Crippen molar-refractivity contribution in [3.8, 4) is 0 Å². The van der Waals surface area contributed by atoms with Gasteiger partial charge in [-0.2, -0.15) is 0 Å². The Morgan fingerprint density at radius 2 is 2.10 bits per heavy atom.